The highest BCUT2D eigenvalue weighted by atomic mass is 16.2. The first kappa shape index (κ1) is 12.2. The number of aromatic amines is 1. The molecule has 4 nitrogen and oxygen atoms in total. The Balaban J connectivity index is 1.84. The smallest absolute Gasteiger partial charge is 0.228 e. The number of fused-ring (bicyclic) bond motifs is 1. The van der Waals surface area contributed by atoms with Crippen molar-refractivity contribution in [1.29, 1.82) is 0 Å². The Morgan fingerprint density at radius 2 is 2.11 bits per heavy atom. The van der Waals surface area contributed by atoms with E-state index in [-0.39, 0.29) is 11.8 Å². The van der Waals surface area contributed by atoms with E-state index in [4.69, 9.17) is 0 Å². The van der Waals surface area contributed by atoms with Gasteiger partial charge in [-0.3, -0.25) is 4.79 Å². The Bertz CT molecular complexity index is 613. The zero-order chi connectivity index (χ0) is 13.4. The van der Waals surface area contributed by atoms with E-state index in [0.29, 0.717) is 6.54 Å². The number of para-hydroxylation sites is 1. The Kier molecular flexibility index (Phi) is 3.03. The second kappa shape index (κ2) is 4.70. The number of carbonyl (C=O) groups is 1. The number of hydrogen-bond donors (Lipinski definition) is 2. The van der Waals surface area contributed by atoms with Gasteiger partial charge in [0.15, 0.2) is 0 Å². The summed E-state index contributed by atoms with van der Waals surface area (Å²) < 4.78 is 0. The lowest BCUT2D eigenvalue weighted by molar-refractivity contribution is -0.136. The molecule has 3 rings (SSSR count). The van der Waals surface area contributed by atoms with Gasteiger partial charge in [0.2, 0.25) is 5.91 Å². The van der Waals surface area contributed by atoms with E-state index in [1.165, 1.54) is 10.9 Å². The summed E-state index contributed by atoms with van der Waals surface area (Å²) in [7, 11) is 1.89. The van der Waals surface area contributed by atoms with Crippen molar-refractivity contribution < 1.29 is 4.79 Å². The standard InChI is InChI=1S/C15H19N3O/c1-10-13(12-5-3-4-6-14(12)17-10)9-18(2)15(19)11-7-16-8-11/h3-6,11,16-17H,7-9H2,1-2H3. The largest absolute Gasteiger partial charge is 0.358 e. The fourth-order valence-corrected chi connectivity index (χ4v) is 2.63. The molecule has 1 aromatic heterocycles. The van der Waals surface area contributed by atoms with Crippen molar-refractivity contribution in [3.05, 3.63) is 35.5 Å². The topological polar surface area (TPSA) is 48.1 Å². The van der Waals surface area contributed by atoms with E-state index < -0.39 is 0 Å². The fourth-order valence-electron chi connectivity index (χ4n) is 2.63. The van der Waals surface area contributed by atoms with Crippen molar-refractivity contribution in [2.24, 2.45) is 5.92 Å². The number of benzene rings is 1. The Labute approximate surface area is 112 Å². The molecular formula is C15H19N3O. The molecule has 0 aliphatic carbocycles. The molecule has 0 radical (unpaired) electrons. The summed E-state index contributed by atoms with van der Waals surface area (Å²) in [4.78, 5) is 17.4. The second-order valence-electron chi connectivity index (χ2n) is 5.32. The maximum absolute atomic E-state index is 12.2. The normalized spacial score (nSPS) is 15.5. The SMILES string of the molecule is Cc1[nH]c2ccccc2c1CN(C)C(=O)C1CNC1. The van der Waals surface area contributed by atoms with E-state index >= 15 is 0 Å². The Hall–Kier alpha value is -1.81. The molecule has 19 heavy (non-hydrogen) atoms. The highest BCUT2D eigenvalue weighted by Crippen LogP contribution is 2.23. The van der Waals surface area contributed by atoms with Crippen molar-refractivity contribution in [3.8, 4) is 0 Å². The first-order chi connectivity index (χ1) is 9.16. The van der Waals surface area contributed by atoms with Crippen LogP contribution in [0.5, 0.6) is 0 Å². The van der Waals surface area contributed by atoms with Gasteiger partial charge in [-0.15, -0.1) is 0 Å². The summed E-state index contributed by atoms with van der Waals surface area (Å²) in [5.41, 5.74) is 3.51. The van der Waals surface area contributed by atoms with Gasteiger partial charge in [0.25, 0.3) is 0 Å². The first-order valence-corrected chi connectivity index (χ1v) is 6.68. The number of aromatic nitrogens is 1. The van der Waals surface area contributed by atoms with Gasteiger partial charge < -0.3 is 15.2 Å². The third-order valence-electron chi connectivity index (χ3n) is 3.93. The van der Waals surface area contributed by atoms with E-state index in [1.54, 1.807) is 0 Å². The number of aryl methyl sites for hydroxylation is 1. The number of H-pyrrole nitrogens is 1. The molecule has 0 spiro atoms. The summed E-state index contributed by atoms with van der Waals surface area (Å²) >= 11 is 0. The lowest BCUT2D eigenvalue weighted by atomic mass is 10.0. The summed E-state index contributed by atoms with van der Waals surface area (Å²) in [6.07, 6.45) is 0. The number of amides is 1. The molecule has 1 fully saturated rings. The van der Waals surface area contributed by atoms with Crippen LogP contribution in [0, 0.1) is 12.8 Å². The quantitative estimate of drug-likeness (QED) is 0.878. The number of nitrogens with zero attached hydrogens (tertiary/aromatic N) is 1. The van der Waals surface area contributed by atoms with Gasteiger partial charge in [0.05, 0.1) is 5.92 Å². The van der Waals surface area contributed by atoms with Crippen LogP contribution in [-0.4, -0.2) is 35.9 Å². The van der Waals surface area contributed by atoms with Crippen LogP contribution < -0.4 is 5.32 Å². The van der Waals surface area contributed by atoms with E-state index in [0.717, 1.165) is 24.3 Å². The molecule has 1 aliphatic rings. The molecule has 1 aromatic carbocycles. The summed E-state index contributed by atoms with van der Waals surface area (Å²) in [6, 6.07) is 8.24. The van der Waals surface area contributed by atoms with E-state index in [2.05, 4.69) is 29.4 Å². The van der Waals surface area contributed by atoms with Crippen LogP contribution in [0.4, 0.5) is 0 Å². The molecule has 0 atom stereocenters. The molecule has 2 N–H and O–H groups in total. The van der Waals surface area contributed by atoms with Gasteiger partial charge in [0.1, 0.15) is 0 Å². The van der Waals surface area contributed by atoms with Crippen molar-refractivity contribution in [3.63, 3.8) is 0 Å². The average Bonchev–Trinajstić information content (AvgIpc) is 2.64. The predicted molar refractivity (Wildman–Crippen MR) is 75.9 cm³/mol. The van der Waals surface area contributed by atoms with E-state index in [1.807, 2.05) is 24.1 Å². The minimum atomic E-state index is 0.163. The van der Waals surface area contributed by atoms with Gasteiger partial charge in [-0.1, -0.05) is 18.2 Å². The Morgan fingerprint density at radius 1 is 1.37 bits per heavy atom. The lowest BCUT2D eigenvalue weighted by Gasteiger charge is -2.30. The first-order valence-electron chi connectivity index (χ1n) is 6.68. The van der Waals surface area contributed by atoms with Gasteiger partial charge in [-0.05, 0) is 18.6 Å². The molecule has 1 saturated heterocycles. The summed E-state index contributed by atoms with van der Waals surface area (Å²) in [5, 5.41) is 4.36. The molecule has 2 heterocycles. The average molecular weight is 257 g/mol. The van der Waals surface area contributed by atoms with Crippen molar-refractivity contribution in [2.45, 2.75) is 13.5 Å². The highest BCUT2D eigenvalue weighted by molar-refractivity contribution is 5.85. The van der Waals surface area contributed by atoms with Gasteiger partial charge in [-0.25, -0.2) is 0 Å². The van der Waals surface area contributed by atoms with Gasteiger partial charge >= 0.3 is 0 Å². The molecule has 2 aromatic rings. The zero-order valence-electron chi connectivity index (χ0n) is 11.4. The molecule has 1 amide bonds. The molecule has 100 valence electrons. The zero-order valence-corrected chi connectivity index (χ0v) is 11.4. The molecule has 1 aliphatic heterocycles. The molecule has 0 bridgehead atoms. The van der Waals surface area contributed by atoms with Crippen molar-refractivity contribution >= 4 is 16.8 Å². The monoisotopic (exact) mass is 257 g/mol. The van der Waals surface area contributed by atoms with Crippen LogP contribution in [0.1, 0.15) is 11.3 Å². The van der Waals surface area contributed by atoms with Crippen LogP contribution in [0.25, 0.3) is 10.9 Å². The van der Waals surface area contributed by atoms with Crippen molar-refractivity contribution in [2.75, 3.05) is 20.1 Å². The number of carbonyl (C=O) groups excluding carboxylic acids is 1. The predicted octanol–water partition coefficient (Wildman–Crippen LogP) is 1.65. The van der Waals surface area contributed by atoms with Crippen LogP contribution >= 0.6 is 0 Å². The summed E-state index contributed by atoms with van der Waals surface area (Å²) in [5.74, 6) is 0.402. The Morgan fingerprint density at radius 3 is 2.79 bits per heavy atom. The molecule has 0 saturated carbocycles. The minimum Gasteiger partial charge on any atom is -0.358 e. The van der Waals surface area contributed by atoms with Crippen molar-refractivity contribution in [1.82, 2.24) is 15.2 Å². The number of hydrogen-bond acceptors (Lipinski definition) is 2. The maximum atomic E-state index is 12.2. The third kappa shape index (κ3) is 2.12. The van der Waals surface area contributed by atoms with Crippen LogP contribution in [0.3, 0.4) is 0 Å². The van der Waals surface area contributed by atoms with Gasteiger partial charge in [0, 0.05) is 43.3 Å². The fraction of sp³-hybridized carbons (Fsp3) is 0.400. The molecular weight excluding hydrogens is 238 g/mol. The summed E-state index contributed by atoms with van der Waals surface area (Å²) in [6.45, 7) is 4.37. The molecule has 0 unspecified atom stereocenters. The van der Waals surface area contributed by atoms with Gasteiger partial charge in [-0.2, -0.15) is 0 Å². The van der Waals surface area contributed by atoms with E-state index in [9.17, 15) is 4.79 Å². The second-order valence-corrected chi connectivity index (χ2v) is 5.32. The third-order valence-corrected chi connectivity index (χ3v) is 3.93. The lowest BCUT2D eigenvalue weighted by Crippen LogP contribution is -2.51. The van der Waals surface area contributed by atoms with Crippen LogP contribution in [0.2, 0.25) is 0 Å². The maximum Gasteiger partial charge on any atom is 0.228 e. The molecule has 4 heteroatoms. The number of nitrogens with one attached hydrogen (secondary N) is 2. The highest BCUT2D eigenvalue weighted by Gasteiger charge is 2.28. The van der Waals surface area contributed by atoms with Crippen LogP contribution in [-0.2, 0) is 11.3 Å². The number of rotatable bonds is 3. The van der Waals surface area contributed by atoms with Crippen LogP contribution in [0.15, 0.2) is 24.3 Å². The minimum absolute atomic E-state index is 0.163.